The number of hydrogen-bond donors (Lipinski definition) is 1. The lowest BCUT2D eigenvalue weighted by Gasteiger charge is -2.44. The Labute approximate surface area is 134 Å². The van der Waals surface area contributed by atoms with Crippen molar-refractivity contribution in [3.05, 3.63) is 0 Å². The lowest BCUT2D eigenvalue weighted by molar-refractivity contribution is -0.149. The van der Waals surface area contributed by atoms with Gasteiger partial charge in [-0.25, -0.2) is 9.69 Å². The highest BCUT2D eigenvalue weighted by Crippen LogP contribution is 2.34. The molecule has 0 aromatic heterocycles. The van der Waals surface area contributed by atoms with Gasteiger partial charge in [-0.05, 0) is 25.2 Å². The number of aliphatic hydroxyl groups is 1. The van der Waals surface area contributed by atoms with Crippen LogP contribution in [0.2, 0.25) is 0 Å². The maximum atomic E-state index is 12.8. The summed E-state index contributed by atoms with van der Waals surface area (Å²) in [4.78, 5) is 26.3. The van der Waals surface area contributed by atoms with Crippen LogP contribution in [-0.4, -0.2) is 39.8 Å². The Morgan fingerprint density at radius 3 is 2.23 bits per heavy atom. The number of carbonyl (C=O) groups is 2. The number of aliphatic hydroxyl groups excluding tert-OH is 1. The summed E-state index contributed by atoms with van der Waals surface area (Å²) in [5, 5.41) is 10.4. The standard InChI is InChI=1S/C17H31NO4/c1-10(2)12-9-17(7,8)22-15(21)18(12)14(20)11(3)13(19)16(4,5)6/h10-13,19H,9H2,1-8H3/t11-,12-,13-/m1/s1. The van der Waals surface area contributed by atoms with Gasteiger partial charge in [0.05, 0.1) is 12.0 Å². The molecule has 5 nitrogen and oxygen atoms in total. The molecular weight excluding hydrogens is 282 g/mol. The highest BCUT2D eigenvalue weighted by Gasteiger charge is 2.46. The van der Waals surface area contributed by atoms with E-state index < -0.39 is 29.1 Å². The van der Waals surface area contributed by atoms with E-state index in [-0.39, 0.29) is 17.9 Å². The van der Waals surface area contributed by atoms with Gasteiger partial charge in [0.1, 0.15) is 5.60 Å². The van der Waals surface area contributed by atoms with Crippen LogP contribution in [-0.2, 0) is 9.53 Å². The highest BCUT2D eigenvalue weighted by molar-refractivity contribution is 5.94. The highest BCUT2D eigenvalue weighted by atomic mass is 16.6. The number of cyclic esters (lactones) is 1. The van der Waals surface area contributed by atoms with Gasteiger partial charge in [-0.1, -0.05) is 41.5 Å². The molecule has 1 N–H and O–H groups in total. The number of carbonyl (C=O) groups excluding carboxylic acids is 2. The van der Waals surface area contributed by atoms with E-state index in [0.29, 0.717) is 6.42 Å². The van der Waals surface area contributed by atoms with Crippen molar-refractivity contribution >= 4 is 12.0 Å². The molecule has 1 rings (SSSR count). The summed E-state index contributed by atoms with van der Waals surface area (Å²) in [5.74, 6) is -0.883. The number of hydrogen-bond acceptors (Lipinski definition) is 4. The lowest BCUT2D eigenvalue weighted by atomic mass is 9.80. The van der Waals surface area contributed by atoms with Gasteiger partial charge >= 0.3 is 6.09 Å². The summed E-state index contributed by atoms with van der Waals surface area (Å²) in [6.07, 6.45) is -0.830. The molecule has 5 heteroatoms. The monoisotopic (exact) mass is 313 g/mol. The quantitative estimate of drug-likeness (QED) is 0.869. The third-order valence-corrected chi connectivity index (χ3v) is 4.35. The second-order valence-corrected chi connectivity index (χ2v) is 8.45. The van der Waals surface area contributed by atoms with Crippen LogP contribution in [0.25, 0.3) is 0 Å². The molecule has 1 aliphatic rings. The number of nitrogens with zero attached hydrogens (tertiary/aromatic N) is 1. The fraction of sp³-hybridized carbons (Fsp3) is 0.882. The Bertz CT molecular complexity index is 436. The summed E-state index contributed by atoms with van der Waals surface area (Å²) in [6, 6.07) is -0.210. The van der Waals surface area contributed by atoms with E-state index in [4.69, 9.17) is 4.74 Å². The van der Waals surface area contributed by atoms with E-state index in [1.807, 2.05) is 48.5 Å². The summed E-state index contributed by atoms with van der Waals surface area (Å²) in [6.45, 7) is 15.0. The molecule has 22 heavy (non-hydrogen) atoms. The van der Waals surface area contributed by atoms with Gasteiger partial charge in [-0.3, -0.25) is 4.79 Å². The van der Waals surface area contributed by atoms with Gasteiger partial charge in [0.25, 0.3) is 0 Å². The third-order valence-electron chi connectivity index (χ3n) is 4.35. The lowest BCUT2D eigenvalue weighted by Crippen LogP contribution is -2.59. The predicted octanol–water partition coefficient (Wildman–Crippen LogP) is 3.20. The largest absolute Gasteiger partial charge is 0.443 e. The van der Waals surface area contributed by atoms with E-state index in [2.05, 4.69) is 0 Å². The Kier molecular flexibility index (Phi) is 5.33. The van der Waals surface area contributed by atoms with Crippen molar-refractivity contribution in [3.8, 4) is 0 Å². The molecule has 0 unspecified atom stereocenters. The normalized spacial score (nSPS) is 24.9. The molecule has 0 saturated carbocycles. The topological polar surface area (TPSA) is 66.8 Å². The zero-order chi connectivity index (χ0) is 17.5. The number of imide groups is 1. The molecule has 1 aliphatic heterocycles. The molecule has 128 valence electrons. The molecule has 2 amide bonds. The fourth-order valence-electron chi connectivity index (χ4n) is 2.95. The van der Waals surface area contributed by atoms with Crippen molar-refractivity contribution in [2.24, 2.45) is 17.3 Å². The predicted molar refractivity (Wildman–Crippen MR) is 85.3 cm³/mol. The Hall–Kier alpha value is -1.10. The number of amides is 2. The van der Waals surface area contributed by atoms with Gasteiger partial charge in [-0.15, -0.1) is 0 Å². The van der Waals surface area contributed by atoms with Crippen LogP contribution in [0.1, 0.15) is 61.8 Å². The molecule has 0 spiro atoms. The van der Waals surface area contributed by atoms with Crippen LogP contribution in [0.3, 0.4) is 0 Å². The molecule has 0 radical (unpaired) electrons. The van der Waals surface area contributed by atoms with Crippen molar-refractivity contribution in [2.75, 3.05) is 0 Å². The van der Waals surface area contributed by atoms with E-state index >= 15 is 0 Å². The number of ether oxygens (including phenoxy) is 1. The van der Waals surface area contributed by atoms with Crippen molar-refractivity contribution in [1.82, 2.24) is 4.90 Å². The first-order chi connectivity index (χ1) is 9.78. The van der Waals surface area contributed by atoms with Crippen LogP contribution in [0.5, 0.6) is 0 Å². The fourth-order valence-corrected chi connectivity index (χ4v) is 2.95. The summed E-state index contributed by atoms with van der Waals surface area (Å²) in [7, 11) is 0. The SMILES string of the molecule is CC(C)[C@H]1CC(C)(C)OC(=O)N1C(=O)[C@H](C)[C@@H](O)C(C)(C)C. The Balaban J connectivity index is 3.06. The van der Waals surface area contributed by atoms with Crippen LogP contribution in [0, 0.1) is 17.3 Å². The van der Waals surface area contributed by atoms with Crippen LogP contribution >= 0.6 is 0 Å². The van der Waals surface area contributed by atoms with Gasteiger partial charge < -0.3 is 9.84 Å². The minimum atomic E-state index is -0.824. The van der Waals surface area contributed by atoms with Gasteiger partial charge in [0.2, 0.25) is 5.91 Å². The average molecular weight is 313 g/mol. The van der Waals surface area contributed by atoms with E-state index in [1.165, 1.54) is 4.90 Å². The van der Waals surface area contributed by atoms with Crippen LogP contribution in [0.4, 0.5) is 4.79 Å². The molecule has 1 fully saturated rings. The molecule has 0 aromatic rings. The van der Waals surface area contributed by atoms with E-state index in [9.17, 15) is 14.7 Å². The van der Waals surface area contributed by atoms with Crippen LogP contribution in [0.15, 0.2) is 0 Å². The summed E-state index contributed by atoms with van der Waals surface area (Å²) < 4.78 is 5.39. The summed E-state index contributed by atoms with van der Waals surface area (Å²) >= 11 is 0. The van der Waals surface area contributed by atoms with Gasteiger partial charge in [-0.2, -0.15) is 0 Å². The first-order valence-electron chi connectivity index (χ1n) is 8.02. The second-order valence-electron chi connectivity index (χ2n) is 8.45. The molecule has 1 heterocycles. The van der Waals surface area contributed by atoms with Gasteiger partial charge in [0, 0.05) is 12.5 Å². The minimum Gasteiger partial charge on any atom is -0.443 e. The smallest absolute Gasteiger partial charge is 0.417 e. The molecule has 1 saturated heterocycles. The summed E-state index contributed by atoms with van der Waals surface area (Å²) in [5.41, 5.74) is -1.00. The number of rotatable bonds is 3. The van der Waals surface area contributed by atoms with E-state index in [1.54, 1.807) is 6.92 Å². The van der Waals surface area contributed by atoms with Crippen molar-refractivity contribution < 1.29 is 19.4 Å². The first-order valence-corrected chi connectivity index (χ1v) is 8.02. The molecule has 0 bridgehead atoms. The Morgan fingerprint density at radius 2 is 1.82 bits per heavy atom. The van der Waals surface area contributed by atoms with Crippen molar-refractivity contribution in [3.63, 3.8) is 0 Å². The second kappa shape index (κ2) is 6.19. The zero-order valence-electron chi connectivity index (χ0n) is 15.1. The minimum absolute atomic E-state index is 0.134. The van der Waals surface area contributed by atoms with Gasteiger partial charge in [0.15, 0.2) is 0 Å². The molecule has 0 aliphatic carbocycles. The van der Waals surface area contributed by atoms with Crippen molar-refractivity contribution in [1.29, 1.82) is 0 Å². The maximum Gasteiger partial charge on any atom is 0.417 e. The molecular formula is C17H31NO4. The molecule has 3 atom stereocenters. The zero-order valence-corrected chi connectivity index (χ0v) is 15.1. The van der Waals surface area contributed by atoms with Crippen molar-refractivity contribution in [2.45, 2.75) is 79.6 Å². The maximum absolute atomic E-state index is 12.8. The molecule has 0 aromatic carbocycles. The first kappa shape index (κ1) is 18.9. The Morgan fingerprint density at radius 1 is 1.32 bits per heavy atom. The van der Waals surface area contributed by atoms with Crippen LogP contribution < -0.4 is 0 Å². The third kappa shape index (κ3) is 4.00. The van der Waals surface area contributed by atoms with E-state index in [0.717, 1.165) is 0 Å². The average Bonchev–Trinajstić information content (AvgIpc) is 2.33.